The Kier molecular flexibility index (Phi) is 7.45. The van der Waals surface area contributed by atoms with Crippen LogP contribution >= 0.6 is 46.6 Å². The molecular formula is C23H17Cl3N4O2S. The molecule has 4 aromatic rings. The van der Waals surface area contributed by atoms with Gasteiger partial charge in [-0.05, 0) is 66.7 Å². The van der Waals surface area contributed by atoms with E-state index in [1.807, 2.05) is 41.0 Å². The standard InChI is InChI=1S/C23H17Cl3N4O2S/c1-32-18-9-2-14(3-10-18)22-28-29-23(30(22)17-7-4-15(24)5-8-17)33-13-21(31)27-20-12-16(25)6-11-19(20)26/h2-12H,13H2,1H3,(H,27,31). The van der Waals surface area contributed by atoms with Crippen molar-refractivity contribution < 1.29 is 9.53 Å². The van der Waals surface area contributed by atoms with E-state index in [0.717, 1.165) is 17.0 Å². The molecule has 168 valence electrons. The molecule has 1 N–H and O–H groups in total. The van der Waals surface area contributed by atoms with Crippen molar-refractivity contribution in [3.63, 3.8) is 0 Å². The number of halogens is 3. The number of benzene rings is 3. The summed E-state index contributed by atoms with van der Waals surface area (Å²) in [6.07, 6.45) is 0. The Morgan fingerprint density at radius 2 is 1.67 bits per heavy atom. The number of rotatable bonds is 7. The topological polar surface area (TPSA) is 69.0 Å². The van der Waals surface area contributed by atoms with Gasteiger partial charge in [0.15, 0.2) is 11.0 Å². The van der Waals surface area contributed by atoms with Crippen LogP contribution in [0.3, 0.4) is 0 Å². The van der Waals surface area contributed by atoms with Crippen molar-refractivity contribution in [3.8, 4) is 22.8 Å². The van der Waals surface area contributed by atoms with Gasteiger partial charge in [-0.15, -0.1) is 10.2 Å². The molecule has 10 heteroatoms. The molecule has 1 heterocycles. The second kappa shape index (κ2) is 10.5. The van der Waals surface area contributed by atoms with Crippen LogP contribution in [-0.4, -0.2) is 33.5 Å². The number of carbonyl (C=O) groups excluding carboxylic acids is 1. The monoisotopic (exact) mass is 518 g/mol. The van der Waals surface area contributed by atoms with Crippen LogP contribution in [0.2, 0.25) is 15.1 Å². The van der Waals surface area contributed by atoms with E-state index in [4.69, 9.17) is 39.5 Å². The van der Waals surface area contributed by atoms with Crippen molar-refractivity contribution in [2.75, 3.05) is 18.2 Å². The van der Waals surface area contributed by atoms with Crippen molar-refractivity contribution in [3.05, 3.63) is 81.8 Å². The molecule has 6 nitrogen and oxygen atoms in total. The Hall–Kier alpha value is -2.71. The minimum Gasteiger partial charge on any atom is -0.497 e. The number of aromatic nitrogens is 3. The van der Waals surface area contributed by atoms with Crippen molar-refractivity contribution in [1.29, 1.82) is 0 Å². The highest BCUT2D eigenvalue weighted by Gasteiger charge is 2.18. The molecule has 0 saturated carbocycles. The molecule has 0 bridgehead atoms. The van der Waals surface area contributed by atoms with Gasteiger partial charge in [-0.3, -0.25) is 9.36 Å². The van der Waals surface area contributed by atoms with E-state index in [-0.39, 0.29) is 11.7 Å². The Labute approximate surface area is 209 Å². The molecule has 1 amide bonds. The van der Waals surface area contributed by atoms with E-state index in [1.54, 1.807) is 37.4 Å². The Bertz CT molecular complexity index is 1280. The molecule has 0 aliphatic carbocycles. The number of ether oxygens (including phenoxy) is 1. The normalized spacial score (nSPS) is 10.8. The lowest BCUT2D eigenvalue weighted by molar-refractivity contribution is -0.113. The summed E-state index contributed by atoms with van der Waals surface area (Å²) in [5, 5.41) is 13.5. The van der Waals surface area contributed by atoms with E-state index in [0.29, 0.717) is 31.7 Å². The lowest BCUT2D eigenvalue weighted by Gasteiger charge is -2.11. The Balaban J connectivity index is 1.60. The maximum absolute atomic E-state index is 12.6. The molecule has 1 aromatic heterocycles. The molecule has 3 aromatic carbocycles. The Morgan fingerprint density at radius 3 is 2.36 bits per heavy atom. The molecule has 0 aliphatic rings. The van der Waals surface area contributed by atoms with Gasteiger partial charge in [0.2, 0.25) is 5.91 Å². The predicted octanol–water partition coefficient (Wildman–Crippen LogP) is 6.63. The second-order valence-corrected chi connectivity index (χ2v) is 9.03. The van der Waals surface area contributed by atoms with Crippen molar-refractivity contribution in [2.24, 2.45) is 0 Å². The quantitative estimate of drug-likeness (QED) is 0.277. The van der Waals surface area contributed by atoms with Gasteiger partial charge in [-0.2, -0.15) is 0 Å². The summed E-state index contributed by atoms with van der Waals surface area (Å²) < 4.78 is 7.12. The number of hydrogen-bond acceptors (Lipinski definition) is 5. The summed E-state index contributed by atoms with van der Waals surface area (Å²) in [4.78, 5) is 12.6. The average molecular weight is 520 g/mol. The maximum atomic E-state index is 12.6. The molecule has 33 heavy (non-hydrogen) atoms. The van der Waals surface area contributed by atoms with Crippen LogP contribution in [-0.2, 0) is 4.79 Å². The van der Waals surface area contributed by atoms with Crippen molar-refractivity contribution in [1.82, 2.24) is 14.8 Å². The predicted molar refractivity (Wildman–Crippen MR) is 134 cm³/mol. The SMILES string of the molecule is COc1ccc(-c2nnc(SCC(=O)Nc3cc(Cl)ccc3Cl)n2-c2ccc(Cl)cc2)cc1. The van der Waals surface area contributed by atoms with Crippen LogP contribution < -0.4 is 10.1 Å². The number of carbonyl (C=O) groups is 1. The number of hydrogen-bond donors (Lipinski definition) is 1. The molecular weight excluding hydrogens is 503 g/mol. The zero-order valence-electron chi connectivity index (χ0n) is 17.3. The highest BCUT2D eigenvalue weighted by molar-refractivity contribution is 7.99. The van der Waals surface area contributed by atoms with E-state index in [2.05, 4.69) is 15.5 Å². The third kappa shape index (κ3) is 5.62. The second-order valence-electron chi connectivity index (χ2n) is 6.81. The molecule has 0 aliphatic heterocycles. The van der Waals surface area contributed by atoms with Gasteiger partial charge in [-0.25, -0.2) is 0 Å². The number of thioether (sulfide) groups is 1. The largest absolute Gasteiger partial charge is 0.497 e. The first-order valence-corrected chi connectivity index (χ1v) is 11.8. The highest BCUT2D eigenvalue weighted by atomic mass is 35.5. The fourth-order valence-electron chi connectivity index (χ4n) is 3.02. The van der Waals surface area contributed by atoms with Crippen molar-refractivity contribution in [2.45, 2.75) is 5.16 Å². The van der Waals surface area contributed by atoms with E-state index >= 15 is 0 Å². The lowest BCUT2D eigenvalue weighted by atomic mass is 10.2. The minimum absolute atomic E-state index is 0.0944. The van der Waals surface area contributed by atoms with Gasteiger partial charge in [0.25, 0.3) is 0 Å². The highest BCUT2D eigenvalue weighted by Crippen LogP contribution is 2.30. The van der Waals surface area contributed by atoms with Crippen LogP contribution in [0, 0.1) is 0 Å². The van der Waals surface area contributed by atoms with Gasteiger partial charge in [0, 0.05) is 21.3 Å². The zero-order chi connectivity index (χ0) is 23.4. The summed E-state index contributed by atoms with van der Waals surface area (Å²) in [7, 11) is 1.61. The molecule has 4 rings (SSSR count). The van der Waals surface area contributed by atoms with Crippen LogP contribution in [0.25, 0.3) is 17.1 Å². The fraction of sp³-hybridized carbons (Fsp3) is 0.0870. The fourth-order valence-corrected chi connectivity index (χ4v) is 4.24. The maximum Gasteiger partial charge on any atom is 0.234 e. The lowest BCUT2D eigenvalue weighted by Crippen LogP contribution is -2.15. The molecule has 0 spiro atoms. The minimum atomic E-state index is -0.249. The summed E-state index contributed by atoms with van der Waals surface area (Å²) in [5.74, 6) is 1.21. The third-order valence-electron chi connectivity index (χ3n) is 4.60. The van der Waals surface area contributed by atoms with Crippen LogP contribution in [0.5, 0.6) is 5.75 Å². The number of methoxy groups -OCH3 is 1. The number of nitrogens with zero attached hydrogens (tertiary/aromatic N) is 3. The molecule has 0 fully saturated rings. The summed E-state index contributed by atoms with van der Waals surface area (Å²) in [5.41, 5.74) is 2.11. The summed E-state index contributed by atoms with van der Waals surface area (Å²) in [6, 6.07) is 19.7. The number of amides is 1. The third-order valence-corrected chi connectivity index (χ3v) is 6.35. The summed E-state index contributed by atoms with van der Waals surface area (Å²) in [6.45, 7) is 0. The summed E-state index contributed by atoms with van der Waals surface area (Å²) >= 11 is 19.5. The average Bonchev–Trinajstić information content (AvgIpc) is 3.24. The smallest absolute Gasteiger partial charge is 0.234 e. The van der Waals surface area contributed by atoms with Crippen LogP contribution in [0.15, 0.2) is 71.9 Å². The van der Waals surface area contributed by atoms with Gasteiger partial charge >= 0.3 is 0 Å². The zero-order valence-corrected chi connectivity index (χ0v) is 20.3. The number of anilines is 1. The van der Waals surface area contributed by atoms with Gasteiger partial charge in [-0.1, -0.05) is 46.6 Å². The van der Waals surface area contributed by atoms with Crippen LogP contribution in [0.1, 0.15) is 0 Å². The first-order chi connectivity index (χ1) is 15.9. The van der Waals surface area contributed by atoms with E-state index < -0.39 is 0 Å². The number of nitrogens with one attached hydrogen (secondary N) is 1. The van der Waals surface area contributed by atoms with Crippen molar-refractivity contribution >= 4 is 58.2 Å². The van der Waals surface area contributed by atoms with Crippen LogP contribution in [0.4, 0.5) is 5.69 Å². The first kappa shape index (κ1) is 23.4. The van der Waals surface area contributed by atoms with E-state index in [9.17, 15) is 4.79 Å². The molecule has 0 unspecified atom stereocenters. The Morgan fingerprint density at radius 1 is 0.970 bits per heavy atom. The molecule has 0 atom stereocenters. The molecule has 0 saturated heterocycles. The van der Waals surface area contributed by atoms with Gasteiger partial charge in [0.05, 0.1) is 23.6 Å². The van der Waals surface area contributed by atoms with Gasteiger partial charge in [0.1, 0.15) is 5.75 Å². The van der Waals surface area contributed by atoms with Gasteiger partial charge < -0.3 is 10.1 Å². The van der Waals surface area contributed by atoms with E-state index in [1.165, 1.54) is 11.8 Å². The first-order valence-electron chi connectivity index (χ1n) is 9.68. The molecule has 0 radical (unpaired) electrons.